The van der Waals surface area contributed by atoms with Crippen molar-refractivity contribution >= 4 is 24.8 Å². The van der Waals surface area contributed by atoms with Gasteiger partial charge < -0.3 is 9.84 Å². The maximum Gasteiger partial charge on any atom is 0.338 e. The van der Waals surface area contributed by atoms with E-state index in [1.807, 2.05) is 0 Å². The first-order chi connectivity index (χ1) is 13.6. The van der Waals surface area contributed by atoms with E-state index in [2.05, 4.69) is 53.0 Å². The van der Waals surface area contributed by atoms with Gasteiger partial charge >= 0.3 is 5.97 Å². The number of carbonyl (C=O) groups is 1. The van der Waals surface area contributed by atoms with E-state index in [0.29, 0.717) is 27.4 Å². The summed E-state index contributed by atoms with van der Waals surface area (Å²) in [6.45, 7) is 15.1. The largest absolute Gasteiger partial charge is 0.507 e. The van der Waals surface area contributed by atoms with Crippen LogP contribution in [0.3, 0.4) is 0 Å². The van der Waals surface area contributed by atoms with E-state index in [4.69, 9.17) is 4.74 Å². The Labute approximate surface area is 174 Å². The lowest BCUT2D eigenvalue weighted by Gasteiger charge is -2.38. The molecule has 156 valence electrons. The minimum Gasteiger partial charge on any atom is -0.507 e. The van der Waals surface area contributed by atoms with Gasteiger partial charge in [-0.05, 0) is 47.1 Å². The molecule has 2 rings (SSSR count). The zero-order chi connectivity index (χ0) is 21.9. The average molecular weight is 415 g/mol. The molecule has 0 aliphatic carbocycles. The molecular formula is C24H31FO3Si. The van der Waals surface area contributed by atoms with Crippen molar-refractivity contribution in [1.82, 2.24) is 0 Å². The van der Waals surface area contributed by atoms with Gasteiger partial charge in [0, 0.05) is 5.39 Å². The van der Waals surface area contributed by atoms with Crippen LogP contribution < -0.4 is 0 Å². The fourth-order valence-corrected chi connectivity index (χ4v) is 9.68. The number of fused-ring (bicyclic) bond motifs is 1. The number of benzene rings is 2. The second kappa shape index (κ2) is 9.00. The molecule has 0 spiro atoms. The summed E-state index contributed by atoms with van der Waals surface area (Å²) in [6, 6.07) is 5.82. The Bertz CT molecular complexity index is 946. The Morgan fingerprint density at radius 1 is 1.10 bits per heavy atom. The second-order valence-electron chi connectivity index (χ2n) is 8.38. The molecule has 0 heterocycles. The zero-order valence-corrected chi connectivity index (χ0v) is 19.4. The highest BCUT2D eigenvalue weighted by Crippen LogP contribution is 2.41. The summed E-state index contributed by atoms with van der Waals surface area (Å²) >= 11 is 0. The lowest BCUT2D eigenvalue weighted by Crippen LogP contribution is -2.43. The lowest BCUT2D eigenvalue weighted by atomic mass is 10.0. The maximum absolute atomic E-state index is 14.8. The molecule has 0 radical (unpaired) electrons. The molecule has 0 saturated heterocycles. The molecule has 1 N–H and O–H groups in total. The molecule has 0 unspecified atom stereocenters. The number of aromatic hydroxyl groups is 1. The second-order valence-corrected chi connectivity index (χ2v) is 14.0. The molecule has 0 bridgehead atoms. The van der Waals surface area contributed by atoms with Crippen LogP contribution in [-0.4, -0.2) is 25.8 Å². The third-order valence-corrected chi connectivity index (χ3v) is 12.1. The summed E-state index contributed by atoms with van der Waals surface area (Å²) in [5.74, 6) is 1.96. The SMILES string of the molecule is CCOC(=O)c1cc(O)c2c(C#C[Si](C(C)C)(C(C)C)C(C)C)c(F)ccc2c1. The Morgan fingerprint density at radius 3 is 2.21 bits per heavy atom. The van der Waals surface area contributed by atoms with Gasteiger partial charge in [0.15, 0.2) is 0 Å². The summed E-state index contributed by atoms with van der Waals surface area (Å²) < 4.78 is 19.8. The van der Waals surface area contributed by atoms with Crippen LogP contribution in [0.25, 0.3) is 10.8 Å². The van der Waals surface area contributed by atoms with E-state index < -0.39 is 19.9 Å². The monoisotopic (exact) mass is 414 g/mol. The smallest absolute Gasteiger partial charge is 0.338 e. The minimum atomic E-state index is -2.06. The summed E-state index contributed by atoms with van der Waals surface area (Å²) in [4.78, 5) is 12.0. The Kier molecular flexibility index (Phi) is 7.13. The van der Waals surface area contributed by atoms with Crippen LogP contribution in [0.15, 0.2) is 24.3 Å². The first kappa shape index (κ1) is 23.0. The number of carbonyl (C=O) groups excluding carboxylic acids is 1. The highest BCUT2D eigenvalue weighted by Gasteiger charge is 2.41. The summed E-state index contributed by atoms with van der Waals surface area (Å²) in [5.41, 5.74) is 5.18. The zero-order valence-electron chi connectivity index (χ0n) is 18.4. The summed E-state index contributed by atoms with van der Waals surface area (Å²) in [7, 11) is -2.06. The minimum absolute atomic E-state index is 0.166. The molecule has 0 saturated carbocycles. The predicted molar refractivity (Wildman–Crippen MR) is 119 cm³/mol. The van der Waals surface area contributed by atoms with Crippen LogP contribution in [0.2, 0.25) is 16.6 Å². The number of esters is 1. The van der Waals surface area contributed by atoms with Crippen molar-refractivity contribution in [3.05, 3.63) is 41.2 Å². The number of rotatable bonds is 5. The van der Waals surface area contributed by atoms with Crippen LogP contribution in [-0.2, 0) is 4.74 Å². The normalized spacial score (nSPS) is 11.8. The number of hydrogen-bond acceptors (Lipinski definition) is 3. The first-order valence-electron chi connectivity index (χ1n) is 10.2. The molecule has 29 heavy (non-hydrogen) atoms. The molecule has 0 fully saturated rings. The topological polar surface area (TPSA) is 46.5 Å². The molecule has 0 aromatic heterocycles. The van der Waals surface area contributed by atoms with Gasteiger partial charge in [-0.2, -0.15) is 0 Å². The van der Waals surface area contributed by atoms with Crippen molar-refractivity contribution in [3.63, 3.8) is 0 Å². The summed E-state index contributed by atoms with van der Waals surface area (Å²) in [5, 5.41) is 11.5. The van der Waals surface area contributed by atoms with Gasteiger partial charge in [-0.1, -0.05) is 53.5 Å². The molecule has 5 heteroatoms. The first-order valence-corrected chi connectivity index (χ1v) is 12.4. The number of hydrogen-bond donors (Lipinski definition) is 1. The van der Waals surface area contributed by atoms with E-state index in [-0.39, 0.29) is 23.5 Å². The van der Waals surface area contributed by atoms with Crippen molar-refractivity contribution in [1.29, 1.82) is 0 Å². The Hall–Kier alpha value is -2.32. The highest BCUT2D eigenvalue weighted by atomic mass is 28.3. The maximum atomic E-state index is 14.8. The van der Waals surface area contributed by atoms with Crippen LogP contribution in [0.4, 0.5) is 4.39 Å². The van der Waals surface area contributed by atoms with Gasteiger partial charge in [-0.15, -0.1) is 5.54 Å². The van der Waals surface area contributed by atoms with Crippen LogP contribution >= 0.6 is 0 Å². The highest BCUT2D eigenvalue weighted by molar-refractivity contribution is 6.90. The van der Waals surface area contributed by atoms with Crippen molar-refractivity contribution in [2.75, 3.05) is 6.61 Å². The molecule has 2 aromatic rings. The lowest BCUT2D eigenvalue weighted by molar-refractivity contribution is 0.0526. The van der Waals surface area contributed by atoms with Crippen LogP contribution in [0.1, 0.15) is 64.4 Å². The Morgan fingerprint density at radius 2 is 1.69 bits per heavy atom. The van der Waals surface area contributed by atoms with Crippen molar-refractivity contribution in [2.24, 2.45) is 0 Å². The third-order valence-electron chi connectivity index (χ3n) is 5.83. The van der Waals surface area contributed by atoms with E-state index in [1.54, 1.807) is 19.1 Å². The average Bonchev–Trinajstić information content (AvgIpc) is 2.62. The van der Waals surface area contributed by atoms with E-state index in [9.17, 15) is 14.3 Å². The fourth-order valence-electron chi connectivity index (χ4n) is 4.48. The predicted octanol–water partition coefficient (Wildman–Crippen LogP) is 6.43. The van der Waals surface area contributed by atoms with Crippen molar-refractivity contribution < 1.29 is 19.0 Å². The van der Waals surface area contributed by atoms with Gasteiger partial charge in [-0.3, -0.25) is 0 Å². The summed E-state index contributed by atoms with van der Waals surface area (Å²) in [6.07, 6.45) is 0. The van der Waals surface area contributed by atoms with Gasteiger partial charge in [0.1, 0.15) is 19.6 Å². The van der Waals surface area contributed by atoms with Crippen LogP contribution in [0.5, 0.6) is 5.75 Å². The quantitative estimate of drug-likeness (QED) is 0.348. The van der Waals surface area contributed by atoms with E-state index in [0.717, 1.165) is 0 Å². The van der Waals surface area contributed by atoms with E-state index >= 15 is 0 Å². The molecule has 0 atom stereocenters. The van der Waals surface area contributed by atoms with Gasteiger partial charge in [0.2, 0.25) is 0 Å². The molecule has 3 nitrogen and oxygen atoms in total. The van der Waals surface area contributed by atoms with Crippen molar-refractivity contribution in [2.45, 2.75) is 65.1 Å². The fraction of sp³-hybridized carbons (Fsp3) is 0.458. The third kappa shape index (κ3) is 4.33. The Balaban J connectivity index is 2.73. The molecular weight excluding hydrogens is 383 g/mol. The van der Waals surface area contributed by atoms with E-state index in [1.165, 1.54) is 12.1 Å². The number of ether oxygens (including phenoxy) is 1. The number of phenols is 1. The molecule has 0 amide bonds. The molecule has 0 aliphatic heterocycles. The van der Waals surface area contributed by atoms with Crippen molar-refractivity contribution in [3.8, 4) is 17.2 Å². The van der Waals surface area contributed by atoms with Crippen LogP contribution in [0, 0.1) is 17.3 Å². The number of halogens is 1. The standard InChI is InChI=1S/C24H31FO3Si/c1-8-28-24(27)19-13-18-9-10-21(25)20(23(18)22(26)14-19)11-12-29(15(2)3,16(4)5)17(6)7/h9-10,13-17,26H,8H2,1-7H3. The molecule has 2 aromatic carbocycles. The van der Waals surface area contributed by atoms with Gasteiger partial charge in [0.25, 0.3) is 0 Å². The van der Waals surface area contributed by atoms with Gasteiger partial charge in [0.05, 0.1) is 17.7 Å². The molecule has 0 aliphatic rings. The number of phenolic OH excluding ortho intramolecular Hbond substituents is 1. The van der Waals surface area contributed by atoms with Gasteiger partial charge in [-0.25, -0.2) is 9.18 Å².